The molecule has 1 aliphatic heterocycles. The van der Waals surface area contributed by atoms with Crippen molar-refractivity contribution in [2.75, 3.05) is 31.6 Å². The largest absolute Gasteiger partial charge is 0.448 e. The average Bonchev–Trinajstić information content (AvgIpc) is 3.09. The molecule has 4 heteroatoms. The smallest absolute Gasteiger partial charge is 0.193 e. The molecule has 112 valence electrons. The van der Waals surface area contributed by atoms with Gasteiger partial charge in [-0.2, -0.15) is 0 Å². The zero-order chi connectivity index (χ0) is 14.7. The predicted octanol–water partition coefficient (Wildman–Crippen LogP) is 3.89. The number of rotatable bonds is 5. The van der Waals surface area contributed by atoms with E-state index in [-0.39, 0.29) is 0 Å². The summed E-state index contributed by atoms with van der Waals surface area (Å²) < 4.78 is 5.42. The van der Waals surface area contributed by atoms with Crippen molar-refractivity contribution in [3.63, 3.8) is 0 Å². The van der Waals surface area contributed by atoms with Crippen LogP contribution >= 0.6 is 11.6 Å². The number of halogens is 1. The fraction of sp³-hybridized carbons (Fsp3) is 0.412. The molecule has 0 spiro atoms. The van der Waals surface area contributed by atoms with E-state index in [2.05, 4.69) is 47.2 Å². The van der Waals surface area contributed by atoms with Crippen LogP contribution in [0.4, 0.5) is 5.69 Å². The summed E-state index contributed by atoms with van der Waals surface area (Å²) in [6, 6.07) is 14.4. The van der Waals surface area contributed by atoms with Crippen LogP contribution < -0.4 is 4.90 Å². The molecule has 21 heavy (non-hydrogen) atoms. The quantitative estimate of drug-likeness (QED) is 0.835. The Kier molecular flexibility index (Phi) is 4.51. The van der Waals surface area contributed by atoms with Gasteiger partial charge in [-0.05, 0) is 55.3 Å². The highest BCUT2D eigenvalue weighted by Crippen LogP contribution is 2.24. The van der Waals surface area contributed by atoms with E-state index in [1.807, 2.05) is 6.07 Å². The topological polar surface area (TPSA) is 19.6 Å². The molecule has 1 aliphatic rings. The minimum absolute atomic E-state index is 0.467. The molecular weight excluding hydrogens is 284 g/mol. The van der Waals surface area contributed by atoms with Crippen molar-refractivity contribution >= 4 is 17.3 Å². The van der Waals surface area contributed by atoms with Crippen LogP contribution in [0.3, 0.4) is 0 Å². The van der Waals surface area contributed by atoms with Crippen LogP contribution in [0.2, 0.25) is 5.22 Å². The van der Waals surface area contributed by atoms with E-state index in [0.717, 1.165) is 31.9 Å². The lowest BCUT2D eigenvalue weighted by Crippen LogP contribution is -2.27. The molecule has 3 rings (SSSR count). The fourth-order valence-corrected chi connectivity index (χ4v) is 3.23. The first kappa shape index (κ1) is 14.5. The number of hydrogen-bond donors (Lipinski definition) is 0. The predicted molar refractivity (Wildman–Crippen MR) is 86.8 cm³/mol. The van der Waals surface area contributed by atoms with E-state index in [9.17, 15) is 0 Å². The summed E-state index contributed by atoms with van der Waals surface area (Å²) in [5.41, 5.74) is 1.33. The molecule has 1 unspecified atom stereocenters. The number of hydrogen-bond acceptors (Lipinski definition) is 3. The Morgan fingerprint density at radius 2 is 2.05 bits per heavy atom. The Hall–Kier alpha value is -1.45. The molecule has 0 aliphatic carbocycles. The molecule has 0 saturated carbocycles. The molecular formula is C17H21ClN2O. The van der Waals surface area contributed by atoms with Gasteiger partial charge in [0.1, 0.15) is 5.76 Å². The van der Waals surface area contributed by atoms with Gasteiger partial charge in [-0.1, -0.05) is 18.2 Å². The van der Waals surface area contributed by atoms with E-state index in [0.29, 0.717) is 11.1 Å². The first-order chi connectivity index (χ1) is 10.2. The number of benzene rings is 1. The summed E-state index contributed by atoms with van der Waals surface area (Å²) in [5.74, 6) is 1.64. The maximum absolute atomic E-state index is 5.81. The van der Waals surface area contributed by atoms with Crippen molar-refractivity contribution in [2.45, 2.75) is 13.0 Å². The molecule has 1 atom stereocenters. The van der Waals surface area contributed by atoms with Crippen LogP contribution in [-0.4, -0.2) is 31.6 Å². The average molecular weight is 305 g/mol. The summed E-state index contributed by atoms with van der Waals surface area (Å²) in [5, 5.41) is 0.467. The van der Waals surface area contributed by atoms with E-state index in [4.69, 9.17) is 16.0 Å². The third-order valence-corrected chi connectivity index (χ3v) is 4.23. The van der Waals surface area contributed by atoms with Gasteiger partial charge in [0.2, 0.25) is 0 Å². The first-order valence-corrected chi connectivity index (χ1v) is 7.81. The summed E-state index contributed by atoms with van der Waals surface area (Å²) in [7, 11) is 2.14. The van der Waals surface area contributed by atoms with Gasteiger partial charge in [0.05, 0.1) is 6.54 Å². The van der Waals surface area contributed by atoms with Gasteiger partial charge in [0.25, 0.3) is 0 Å². The van der Waals surface area contributed by atoms with Crippen molar-refractivity contribution in [3.8, 4) is 0 Å². The zero-order valence-electron chi connectivity index (χ0n) is 12.3. The van der Waals surface area contributed by atoms with Gasteiger partial charge >= 0.3 is 0 Å². The second-order valence-electron chi connectivity index (χ2n) is 5.84. The molecule has 2 heterocycles. The Balaban J connectivity index is 1.50. The van der Waals surface area contributed by atoms with Crippen molar-refractivity contribution < 1.29 is 4.42 Å². The highest BCUT2D eigenvalue weighted by Gasteiger charge is 2.23. The molecule has 1 fully saturated rings. The molecule has 0 radical (unpaired) electrons. The molecule has 0 bridgehead atoms. The maximum Gasteiger partial charge on any atom is 0.193 e. The van der Waals surface area contributed by atoms with Crippen LogP contribution in [0.15, 0.2) is 46.9 Å². The summed E-state index contributed by atoms with van der Waals surface area (Å²) in [6.07, 6.45) is 1.25. The second-order valence-corrected chi connectivity index (χ2v) is 6.21. The van der Waals surface area contributed by atoms with Crippen molar-refractivity contribution in [1.29, 1.82) is 0 Å². The first-order valence-electron chi connectivity index (χ1n) is 7.43. The molecule has 0 N–H and O–H groups in total. The molecule has 3 nitrogen and oxygen atoms in total. The molecule has 1 aromatic carbocycles. The third kappa shape index (κ3) is 3.80. The van der Waals surface area contributed by atoms with Gasteiger partial charge in [-0.15, -0.1) is 0 Å². The van der Waals surface area contributed by atoms with Gasteiger partial charge in [0.15, 0.2) is 5.22 Å². The zero-order valence-corrected chi connectivity index (χ0v) is 13.1. The number of anilines is 1. The van der Waals surface area contributed by atoms with E-state index < -0.39 is 0 Å². The normalized spacial score (nSPS) is 18.6. The summed E-state index contributed by atoms with van der Waals surface area (Å²) in [6.45, 7) is 4.18. The van der Waals surface area contributed by atoms with E-state index in [1.165, 1.54) is 12.1 Å². The van der Waals surface area contributed by atoms with Crippen molar-refractivity contribution in [1.82, 2.24) is 4.90 Å². The minimum atomic E-state index is 0.467. The Labute approximate surface area is 131 Å². The second kappa shape index (κ2) is 6.54. The highest BCUT2D eigenvalue weighted by atomic mass is 35.5. The van der Waals surface area contributed by atoms with Crippen LogP contribution in [0.1, 0.15) is 12.2 Å². The number of para-hydroxylation sites is 1. The van der Waals surface area contributed by atoms with Gasteiger partial charge in [-0.25, -0.2) is 0 Å². The molecule has 0 amide bonds. The maximum atomic E-state index is 5.81. The third-order valence-electron chi connectivity index (χ3n) is 4.03. The number of furan rings is 1. The molecule has 1 aromatic heterocycles. The lowest BCUT2D eigenvalue weighted by atomic mass is 10.1. The lowest BCUT2D eigenvalue weighted by molar-refractivity contribution is 0.258. The SMILES string of the molecule is CN(Cc1ccc(Cl)o1)CC1CCN(c2ccccc2)C1. The monoisotopic (exact) mass is 304 g/mol. The van der Waals surface area contributed by atoms with Crippen LogP contribution in [0.5, 0.6) is 0 Å². The Morgan fingerprint density at radius 3 is 2.76 bits per heavy atom. The van der Waals surface area contributed by atoms with Crippen LogP contribution in [-0.2, 0) is 6.54 Å². The highest BCUT2D eigenvalue weighted by molar-refractivity contribution is 6.28. The Bertz CT molecular complexity index is 569. The molecule has 2 aromatic rings. The van der Waals surface area contributed by atoms with Gasteiger partial charge < -0.3 is 9.32 Å². The van der Waals surface area contributed by atoms with Crippen LogP contribution in [0, 0.1) is 5.92 Å². The number of nitrogens with zero attached hydrogens (tertiary/aromatic N) is 2. The van der Waals surface area contributed by atoms with Gasteiger partial charge in [0, 0.05) is 25.3 Å². The minimum Gasteiger partial charge on any atom is -0.448 e. The van der Waals surface area contributed by atoms with Crippen molar-refractivity contribution in [2.24, 2.45) is 5.92 Å². The molecule has 1 saturated heterocycles. The summed E-state index contributed by atoms with van der Waals surface area (Å²) in [4.78, 5) is 4.79. The standard InChI is InChI=1S/C17H21ClN2O/c1-19(13-16-7-8-17(18)21-16)11-14-9-10-20(12-14)15-5-3-2-4-6-15/h2-8,14H,9-13H2,1H3. The van der Waals surface area contributed by atoms with E-state index in [1.54, 1.807) is 6.07 Å². The van der Waals surface area contributed by atoms with Gasteiger partial charge in [-0.3, -0.25) is 4.90 Å². The fourth-order valence-electron chi connectivity index (χ4n) is 3.06. The lowest BCUT2D eigenvalue weighted by Gasteiger charge is -2.21. The van der Waals surface area contributed by atoms with Crippen molar-refractivity contribution in [3.05, 3.63) is 53.4 Å². The van der Waals surface area contributed by atoms with Crippen LogP contribution in [0.25, 0.3) is 0 Å². The summed E-state index contributed by atoms with van der Waals surface area (Å²) >= 11 is 5.81. The van der Waals surface area contributed by atoms with E-state index >= 15 is 0 Å². The Morgan fingerprint density at radius 1 is 1.24 bits per heavy atom.